The summed E-state index contributed by atoms with van der Waals surface area (Å²) in [6.45, 7) is 1.53. The number of anilines is 2. The van der Waals surface area contributed by atoms with Crippen LogP contribution in [0.5, 0.6) is 0 Å². The summed E-state index contributed by atoms with van der Waals surface area (Å²) in [5, 5.41) is 18.7. The van der Waals surface area contributed by atoms with Gasteiger partial charge in [0.05, 0.1) is 11.4 Å². The number of alkyl halides is 2. The highest BCUT2D eigenvalue weighted by atomic mass is 19.3. The molecule has 4 N–H and O–H groups in total. The Hall–Kier alpha value is -4.47. The SMILES string of the molecule is CC(Nc1nc(N)nc(C(F)F)c1C#N)c1nc2c(F)cccc2c(=O)n1-c1cc[nH]n1. The Morgan fingerprint density at radius 2 is 2.03 bits per heavy atom. The van der Waals surface area contributed by atoms with Crippen molar-refractivity contribution in [1.29, 1.82) is 5.26 Å². The van der Waals surface area contributed by atoms with Crippen molar-refractivity contribution >= 4 is 22.7 Å². The van der Waals surface area contributed by atoms with Crippen LogP contribution in [0.3, 0.4) is 0 Å². The van der Waals surface area contributed by atoms with E-state index < -0.39 is 41.0 Å². The van der Waals surface area contributed by atoms with Crippen LogP contribution in [0.15, 0.2) is 35.3 Å². The van der Waals surface area contributed by atoms with Gasteiger partial charge in [-0.2, -0.15) is 15.3 Å². The van der Waals surface area contributed by atoms with Crippen LogP contribution in [0.4, 0.5) is 24.9 Å². The number of benzene rings is 1. The number of nitrogens with one attached hydrogen (secondary N) is 2. The zero-order valence-electron chi connectivity index (χ0n) is 16.3. The number of halogens is 3. The zero-order chi connectivity index (χ0) is 23.0. The first-order valence-electron chi connectivity index (χ1n) is 9.15. The van der Waals surface area contributed by atoms with Crippen LogP contribution in [-0.4, -0.2) is 29.7 Å². The van der Waals surface area contributed by atoms with E-state index in [0.717, 1.165) is 10.6 Å². The normalized spacial score (nSPS) is 12.1. The van der Waals surface area contributed by atoms with Gasteiger partial charge in [-0.15, -0.1) is 0 Å². The number of hydrogen-bond acceptors (Lipinski definition) is 8. The van der Waals surface area contributed by atoms with Crippen LogP contribution in [0, 0.1) is 17.1 Å². The first kappa shape index (κ1) is 20.8. The highest BCUT2D eigenvalue weighted by molar-refractivity contribution is 5.78. The monoisotopic (exact) mass is 441 g/mol. The van der Waals surface area contributed by atoms with Crippen molar-refractivity contribution in [3.8, 4) is 11.9 Å². The Kier molecular flexibility index (Phi) is 5.19. The molecule has 0 spiro atoms. The average molecular weight is 441 g/mol. The van der Waals surface area contributed by atoms with Gasteiger partial charge < -0.3 is 11.1 Å². The minimum atomic E-state index is -3.07. The Labute approximate surface area is 177 Å². The molecule has 0 amide bonds. The van der Waals surface area contributed by atoms with Gasteiger partial charge in [0, 0.05) is 12.3 Å². The first-order valence-corrected chi connectivity index (χ1v) is 9.15. The van der Waals surface area contributed by atoms with Crippen LogP contribution < -0.4 is 16.6 Å². The van der Waals surface area contributed by atoms with E-state index in [9.17, 15) is 23.2 Å². The Balaban J connectivity index is 1.91. The van der Waals surface area contributed by atoms with Gasteiger partial charge in [0.15, 0.2) is 11.6 Å². The number of nitriles is 1. The molecular formula is C19H14F3N9O. The molecule has 162 valence electrons. The summed E-state index contributed by atoms with van der Waals surface area (Å²) in [7, 11) is 0. The van der Waals surface area contributed by atoms with E-state index in [2.05, 4.69) is 30.5 Å². The average Bonchev–Trinajstić information content (AvgIpc) is 3.28. The molecule has 0 saturated carbocycles. The van der Waals surface area contributed by atoms with Gasteiger partial charge in [-0.25, -0.2) is 27.7 Å². The summed E-state index contributed by atoms with van der Waals surface area (Å²) in [5.41, 5.74) is 3.40. The van der Waals surface area contributed by atoms with Crippen LogP contribution in [0.1, 0.15) is 36.5 Å². The Morgan fingerprint density at radius 3 is 2.69 bits per heavy atom. The lowest BCUT2D eigenvalue weighted by Gasteiger charge is -2.20. The Morgan fingerprint density at radius 1 is 1.25 bits per heavy atom. The van der Waals surface area contributed by atoms with Gasteiger partial charge >= 0.3 is 0 Å². The molecule has 1 aromatic carbocycles. The van der Waals surface area contributed by atoms with E-state index in [0.29, 0.717) is 0 Å². The van der Waals surface area contributed by atoms with E-state index in [4.69, 9.17) is 5.73 Å². The second-order valence-corrected chi connectivity index (χ2v) is 6.65. The molecule has 10 nitrogen and oxygen atoms in total. The quantitative estimate of drug-likeness (QED) is 0.427. The molecule has 0 aliphatic rings. The molecule has 0 bridgehead atoms. The third-order valence-electron chi connectivity index (χ3n) is 4.60. The summed E-state index contributed by atoms with van der Waals surface area (Å²) in [4.78, 5) is 24.7. The largest absolute Gasteiger partial charge is 0.368 e. The lowest BCUT2D eigenvalue weighted by Crippen LogP contribution is -2.28. The number of H-pyrrole nitrogens is 1. The topological polar surface area (TPSA) is 151 Å². The zero-order valence-corrected chi connectivity index (χ0v) is 16.3. The molecular weight excluding hydrogens is 427 g/mol. The van der Waals surface area contributed by atoms with Crippen molar-refractivity contribution in [3.63, 3.8) is 0 Å². The van der Waals surface area contributed by atoms with Gasteiger partial charge in [0.1, 0.15) is 34.5 Å². The first-order chi connectivity index (χ1) is 15.3. The molecule has 0 aliphatic heterocycles. The fourth-order valence-corrected chi connectivity index (χ4v) is 3.22. The van der Waals surface area contributed by atoms with Gasteiger partial charge in [-0.3, -0.25) is 9.89 Å². The van der Waals surface area contributed by atoms with Crippen LogP contribution >= 0.6 is 0 Å². The summed E-state index contributed by atoms with van der Waals surface area (Å²) in [6, 6.07) is 6.17. The molecule has 1 atom stereocenters. The maximum atomic E-state index is 14.4. The van der Waals surface area contributed by atoms with E-state index in [1.807, 2.05) is 0 Å². The number of nitrogen functional groups attached to an aromatic ring is 1. The van der Waals surface area contributed by atoms with Crippen molar-refractivity contribution in [2.75, 3.05) is 11.1 Å². The van der Waals surface area contributed by atoms with Crippen molar-refractivity contribution in [2.24, 2.45) is 0 Å². The van der Waals surface area contributed by atoms with Crippen LogP contribution in [0.2, 0.25) is 0 Å². The summed E-state index contributed by atoms with van der Waals surface area (Å²) in [6.07, 6.45) is -1.59. The van der Waals surface area contributed by atoms with E-state index in [1.54, 1.807) is 6.07 Å². The van der Waals surface area contributed by atoms with Gasteiger partial charge in [0.25, 0.3) is 12.0 Å². The van der Waals surface area contributed by atoms with Crippen LogP contribution in [-0.2, 0) is 0 Å². The number of hydrogen-bond donors (Lipinski definition) is 3. The molecule has 0 saturated heterocycles. The molecule has 1 unspecified atom stereocenters. The highest BCUT2D eigenvalue weighted by Crippen LogP contribution is 2.28. The molecule has 0 aliphatic carbocycles. The number of nitrogens with zero attached hydrogens (tertiary/aromatic N) is 6. The summed E-state index contributed by atoms with van der Waals surface area (Å²) in [5.74, 6) is -1.30. The van der Waals surface area contributed by atoms with Crippen molar-refractivity contribution in [1.82, 2.24) is 29.7 Å². The maximum Gasteiger partial charge on any atom is 0.281 e. The van der Waals surface area contributed by atoms with Crippen molar-refractivity contribution in [3.05, 3.63) is 63.7 Å². The molecule has 0 radical (unpaired) electrons. The maximum absolute atomic E-state index is 14.4. The molecule has 0 fully saturated rings. The molecule has 3 aromatic heterocycles. The number of aromatic amines is 1. The fraction of sp³-hybridized carbons (Fsp3) is 0.158. The van der Waals surface area contributed by atoms with E-state index >= 15 is 0 Å². The minimum Gasteiger partial charge on any atom is -0.368 e. The molecule has 3 heterocycles. The highest BCUT2D eigenvalue weighted by Gasteiger charge is 2.25. The lowest BCUT2D eigenvalue weighted by molar-refractivity contribution is 0.146. The third kappa shape index (κ3) is 3.47. The molecule has 32 heavy (non-hydrogen) atoms. The second-order valence-electron chi connectivity index (χ2n) is 6.65. The number of rotatable bonds is 5. The molecule has 4 rings (SSSR count). The minimum absolute atomic E-state index is 0.000583. The van der Waals surface area contributed by atoms with E-state index in [-0.39, 0.29) is 28.4 Å². The van der Waals surface area contributed by atoms with E-state index in [1.165, 1.54) is 31.3 Å². The fourth-order valence-electron chi connectivity index (χ4n) is 3.22. The number of para-hydroxylation sites is 1. The predicted octanol–water partition coefficient (Wildman–Crippen LogP) is 2.60. The molecule has 4 aromatic rings. The third-order valence-corrected chi connectivity index (χ3v) is 4.60. The second kappa shape index (κ2) is 7.99. The number of aromatic nitrogens is 6. The summed E-state index contributed by atoms with van der Waals surface area (Å²) < 4.78 is 42.2. The predicted molar refractivity (Wildman–Crippen MR) is 108 cm³/mol. The number of fused-ring (bicyclic) bond motifs is 1. The van der Waals surface area contributed by atoms with Gasteiger partial charge in [-0.05, 0) is 19.1 Å². The number of nitrogens with two attached hydrogens (primary N) is 1. The van der Waals surface area contributed by atoms with Crippen molar-refractivity contribution in [2.45, 2.75) is 19.4 Å². The molecule has 13 heteroatoms. The standard InChI is InChI=1S/C19H14F3N9O/c1-8(26-16-10(7-23)14(15(21)22)28-19(24)29-16)17-27-13-9(3-2-4-11(13)20)18(32)31(17)12-5-6-25-30-12/h2-6,8,15H,1H3,(H,25,30)(H3,24,26,28,29). The van der Waals surface area contributed by atoms with Crippen molar-refractivity contribution < 1.29 is 13.2 Å². The smallest absolute Gasteiger partial charge is 0.281 e. The van der Waals surface area contributed by atoms with Gasteiger partial charge in [-0.1, -0.05) is 6.07 Å². The lowest BCUT2D eigenvalue weighted by atomic mass is 10.2. The Bertz CT molecular complexity index is 1410. The van der Waals surface area contributed by atoms with Crippen LogP contribution in [0.25, 0.3) is 16.7 Å². The van der Waals surface area contributed by atoms with Gasteiger partial charge in [0.2, 0.25) is 5.95 Å². The summed E-state index contributed by atoms with van der Waals surface area (Å²) >= 11 is 0.